The van der Waals surface area contributed by atoms with E-state index in [0.717, 1.165) is 11.1 Å². The minimum atomic E-state index is -0.569. The molecule has 1 amide bonds. The fourth-order valence-electron chi connectivity index (χ4n) is 2.44. The van der Waals surface area contributed by atoms with Gasteiger partial charge in [0, 0.05) is 11.6 Å². The Morgan fingerprint density at radius 2 is 2.21 bits per heavy atom. The average Bonchev–Trinajstić information content (AvgIpc) is 2.37. The fraction of sp³-hybridized carbons (Fsp3) is 0.429. The largest absolute Gasteiger partial charge is 0.450 e. The molecular weight excluding hydrogens is 266 g/mol. The van der Waals surface area contributed by atoms with Crippen molar-refractivity contribution in [2.24, 2.45) is 0 Å². The van der Waals surface area contributed by atoms with Gasteiger partial charge < -0.3 is 4.74 Å². The summed E-state index contributed by atoms with van der Waals surface area (Å²) < 4.78 is 5.01. The van der Waals surface area contributed by atoms with Crippen molar-refractivity contribution in [1.82, 2.24) is 4.90 Å². The summed E-state index contributed by atoms with van der Waals surface area (Å²) in [4.78, 5) is 25.3. The lowest BCUT2D eigenvalue weighted by Gasteiger charge is -2.35. The zero-order chi connectivity index (χ0) is 14.0. The van der Waals surface area contributed by atoms with Crippen LogP contribution in [0.25, 0.3) is 0 Å². The zero-order valence-electron chi connectivity index (χ0n) is 11.0. The molecule has 1 heterocycles. The summed E-state index contributed by atoms with van der Waals surface area (Å²) in [5.41, 5.74) is 1.87. The Morgan fingerprint density at radius 3 is 2.84 bits per heavy atom. The predicted octanol–water partition coefficient (Wildman–Crippen LogP) is 2.98. The Hall–Kier alpha value is -1.55. The van der Waals surface area contributed by atoms with Crippen LogP contribution < -0.4 is 0 Å². The van der Waals surface area contributed by atoms with E-state index in [1.807, 2.05) is 12.1 Å². The molecule has 2 rings (SSSR count). The first-order valence-electron chi connectivity index (χ1n) is 6.26. The standard InChI is InChI=1S/C14H16ClNO3/c1-3-19-14(18)16-7-6-10-8-11(15)4-5-12(10)13(16)9(2)17/h4-5,8,13H,3,6-7H2,1-2H3. The minimum Gasteiger partial charge on any atom is -0.450 e. The second-order valence-electron chi connectivity index (χ2n) is 4.50. The Balaban J connectivity index is 2.38. The Bertz CT molecular complexity index is 515. The van der Waals surface area contributed by atoms with Crippen molar-refractivity contribution in [1.29, 1.82) is 0 Å². The van der Waals surface area contributed by atoms with Gasteiger partial charge in [-0.1, -0.05) is 17.7 Å². The highest BCUT2D eigenvalue weighted by atomic mass is 35.5. The van der Waals surface area contributed by atoms with Crippen LogP contribution in [0.3, 0.4) is 0 Å². The number of amides is 1. The monoisotopic (exact) mass is 281 g/mol. The number of fused-ring (bicyclic) bond motifs is 1. The van der Waals surface area contributed by atoms with E-state index in [1.165, 1.54) is 11.8 Å². The van der Waals surface area contributed by atoms with E-state index in [0.29, 0.717) is 24.6 Å². The van der Waals surface area contributed by atoms with Crippen LogP contribution in [0.1, 0.15) is 31.0 Å². The maximum atomic E-state index is 11.9. The number of hydrogen-bond donors (Lipinski definition) is 0. The van der Waals surface area contributed by atoms with E-state index in [4.69, 9.17) is 16.3 Å². The lowest BCUT2D eigenvalue weighted by molar-refractivity contribution is -0.122. The molecular formula is C14H16ClNO3. The second-order valence-corrected chi connectivity index (χ2v) is 4.94. The van der Waals surface area contributed by atoms with E-state index >= 15 is 0 Å². The highest BCUT2D eigenvalue weighted by Crippen LogP contribution is 2.32. The smallest absolute Gasteiger partial charge is 0.410 e. The van der Waals surface area contributed by atoms with Crippen LogP contribution in [0.5, 0.6) is 0 Å². The molecule has 1 atom stereocenters. The van der Waals surface area contributed by atoms with Gasteiger partial charge in [0.15, 0.2) is 5.78 Å². The summed E-state index contributed by atoms with van der Waals surface area (Å²) in [7, 11) is 0. The van der Waals surface area contributed by atoms with Crippen molar-refractivity contribution in [2.45, 2.75) is 26.3 Å². The molecule has 1 aliphatic heterocycles. The molecule has 19 heavy (non-hydrogen) atoms. The fourth-order valence-corrected chi connectivity index (χ4v) is 2.63. The number of hydrogen-bond acceptors (Lipinski definition) is 3. The van der Waals surface area contributed by atoms with Gasteiger partial charge in [-0.25, -0.2) is 4.79 Å². The van der Waals surface area contributed by atoms with Crippen LogP contribution in [0.4, 0.5) is 4.79 Å². The molecule has 0 fully saturated rings. The number of carbonyl (C=O) groups excluding carboxylic acids is 2. The first kappa shape index (κ1) is 13.9. The number of Topliss-reactive ketones (excluding diaryl/α,β-unsaturated/α-hetero) is 1. The Morgan fingerprint density at radius 1 is 1.47 bits per heavy atom. The summed E-state index contributed by atoms with van der Waals surface area (Å²) >= 11 is 5.96. The predicted molar refractivity (Wildman–Crippen MR) is 72.3 cm³/mol. The molecule has 1 aromatic rings. The number of benzene rings is 1. The van der Waals surface area contributed by atoms with E-state index in [1.54, 1.807) is 13.0 Å². The van der Waals surface area contributed by atoms with Gasteiger partial charge in [-0.3, -0.25) is 9.69 Å². The minimum absolute atomic E-state index is 0.0728. The number of ketones is 1. The van der Waals surface area contributed by atoms with Crippen LogP contribution in [0.15, 0.2) is 18.2 Å². The third kappa shape index (κ3) is 2.73. The molecule has 1 unspecified atom stereocenters. The maximum Gasteiger partial charge on any atom is 0.410 e. The molecule has 1 aromatic carbocycles. The molecule has 1 aliphatic rings. The van der Waals surface area contributed by atoms with Crippen molar-refractivity contribution in [3.8, 4) is 0 Å². The van der Waals surface area contributed by atoms with Gasteiger partial charge in [-0.15, -0.1) is 0 Å². The number of halogens is 1. The maximum absolute atomic E-state index is 11.9. The molecule has 0 N–H and O–H groups in total. The third-order valence-corrected chi connectivity index (χ3v) is 3.46. The number of ether oxygens (including phenoxy) is 1. The molecule has 0 bridgehead atoms. The normalized spacial score (nSPS) is 17.8. The highest BCUT2D eigenvalue weighted by Gasteiger charge is 2.34. The van der Waals surface area contributed by atoms with Gasteiger partial charge in [-0.05, 0) is 43.5 Å². The molecule has 102 valence electrons. The molecule has 5 heteroatoms. The lowest BCUT2D eigenvalue weighted by Crippen LogP contribution is -2.43. The second kappa shape index (κ2) is 5.61. The summed E-state index contributed by atoms with van der Waals surface area (Å²) in [6.07, 6.45) is 0.238. The van der Waals surface area contributed by atoms with E-state index in [9.17, 15) is 9.59 Å². The highest BCUT2D eigenvalue weighted by molar-refractivity contribution is 6.30. The van der Waals surface area contributed by atoms with Crippen molar-refractivity contribution < 1.29 is 14.3 Å². The third-order valence-electron chi connectivity index (χ3n) is 3.22. The van der Waals surface area contributed by atoms with Gasteiger partial charge in [0.05, 0.1) is 6.61 Å². The van der Waals surface area contributed by atoms with Crippen molar-refractivity contribution >= 4 is 23.5 Å². The van der Waals surface area contributed by atoms with Crippen molar-refractivity contribution in [3.63, 3.8) is 0 Å². The lowest BCUT2D eigenvalue weighted by atomic mass is 9.91. The SMILES string of the molecule is CCOC(=O)N1CCc2cc(Cl)ccc2C1C(C)=O. The molecule has 0 aromatic heterocycles. The van der Waals surface area contributed by atoms with Crippen molar-refractivity contribution in [2.75, 3.05) is 13.2 Å². The Labute approximate surface area is 117 Å². The van der Waals surface area contributed by atoms with E-state index < -0.39 is 12.1 Å². The summed E-state index contributed by atoms with van der Waals surface area (Å²) in [6, 6.07) is 4.84. The first-order valence-corrected chi connectivity index (χ1v) is 6.64. The summed E-state index contributed by atoms with van der Waals surface area (Å²) in [6.45, 7) is 4.00. The van der Waals surface area contributed by atoms with Gasteiger partial charge in [-0.2, -0.15) is 0 Å². The topological polar surface area (TPSA) is 46.6 Å². The molecule has 0 radical (unpaired) electrons. The summed E-state index contributed by atoms with van der Waals surface area (Å²) in [5, 5.41) is 0.644. The van der Waals surface area contributed by atoms with Crippen LogP contribution in [0, 0.1) is 0 Å². The van der Waals surface area contributed by atoms with E-state index in [2.05, 4.69) is 0 Å². The molecule has 0 saturated carbocycles. The molecule has 0 spiro atoms. The molecule has 0 saturated heterocycles. The molecule has 4 nitrogen and oxygen atoms in total. The number of nitrogens with zero attached hydrogens (tertiary/aromatic N) is 1. The molecule has 0 aliphatic carbocycles. The van der Waals surface area contributed by atoms with Crippen LogP contribution >= 0.6 is 11.6 Å². The summed E-state index contributed by atoms with van der Waals surface area (Å²) in [5.74, 6) is -0.0728. The van der Waals surface area contributed by atoms with Gasteiger partial charge in [0.25, 0.3) is 0 Å². The van der Waals surface area contributed by atoms with Crippen LogP contribution in [-0.4, -0.2) is 29.9 Å². The van der Waals surface area contributed by atoms with Crippen LogP contribution in [0.2, 0.25) is 5.02 Å². The van der Waals surface area contributed by atoms with Gasteiger partial charge >= 0.3 is 6.09 Å². The average molecular weight is 282 g/mol. The first-order chi connectivity index (χ1) is 9.04. The number of rotatable bonds is 2. The Kier molecular flexibility index (Phi) is 4.10. The quantitative estimate of drug-likeness (QED) is 0.837. The van der Waals surface area contributed by atoms with Crippen molar-refractivity contribution in [3.05, 3.63) is 34.3 Å². The van der Waals surface area contributed by atoms with Gasteiger partial charge in [0.2, 0.25) is 0 Å². The zero-order valence-corrected chi connectivity index (χ0v) is 11.7. The van der Waals surface area contributed by atoms with Gasteiger partial charge in [0.1, 0.15) is 6.04 Å². The van der Waals surface area contributed by atoms with Crippen LogP contribution in [-0.2, 0) is 16.0 Å². The number of carbonyl (C=O) groups is 2. The van der Waals surface area contributed by atoms with E-state index in [-0.39, 0.29) is 5.78 Å².